The maximum atomic E-state index is 15.2. The quantitative estimate of drug-likeness (QED) is 0.0721. The van der Waals surface area contributed by atoms with Gasteiger partial charge in [-0.25, -0.2) is 14.4 Å². The second-order valence-electron chi connectivity index (χ2n) is 17.1. The molecule has 2 aliphatic heterocycles. The average molecular weight is 838 g/mol. The smallest absolute Gasteiger partial charge is 0.407 e. The average Bonchev–Trinajstić information content (AvgIpc) is 3.20. The van der Waals surface area contributed by atoms with Crippen molar-refractivity contribution in [3.8, 4) is 0 Å². The molecule has 3 aliphatic carbocycles. The number of fused-ring (bicyclic) bond motifs is 5. The number of nitrogens with one attached hydrogen (secondary N) is 1. The Morgan fingerprint density at radius 1 is 1.00 bits per heavy atom. The molecule has 59 heavy (non-hydrogen) atoms. The second-order valence-corrected chi connectivity index (χ2v) is 17.1. The molecule has 16 atom stereocenters. The molecule has 19 nitrogen and oxygen atoms in total. The number of benzene rings is 1. The number of methoxy groups -OCH3 is 1. The Labute approximate surface area is 339 Å². The Kier molecular flexibility index (Phi) is 12.5. The molecule has 0 spiro atoms. The first kappa shape index (κ1) is 44.9. The minimum absolute atomic E-state index is 0.00489. The fraction of sp³-hybridized carbons (Fsp3) is 0.700. The van der Waals surface area contributed by atoms with E-state index in [1.807, 2.05) is 0 Å². The molecule has 328 valence electrons. The zero-order chi connectivity index (χ0) is 43.6. The molecule has 5 aliphatic rings. The molecule has 2 saturated carbocycles. The minimum atomic E-state index is -2.03. The first-order valence-corrected chi connectivity index (χ1v) is 19.5. The topological polar surface area (TPSA) is 298 Å². The zero-order valence-corrected chi connectivity index (χ0v) is 33.6. The van der Waals surface area contributed by atoms with Crippen LogP contribution in [0.3, 0.4) is 0 Å². The fourth-order valence-corrected chi connectivity index (χ4v) is 10.2. The number of carbonyl (C=O) groups excluding carboxylic acids is 4. The van der Waals surface area contributed by atoms with Gasteiger partial charge in [0.25, 0.3) is 0 Å². The van der Waals surface area contributed by atoms with Crippen LogP contribution >= 0.6 is 0 Å². The lowest BCUT2D eigenvalue weighted by Crippen LogP contribution is -2.79. The standard InChI is InChI=1S/C40H55NO18/c1-17-20(57-34(50)28(46)26(41-36(51)54-6)19-10-8-7-9-11-19)13-40(53)18(2)32-38(5,22(43)12-23-39(32,52)16-56-23)33(49)31(25(17)37(40,3)4)59-24(44)15-55-35-30(48)29(47)27(45)21(14-42)58-35/h7-11,18,20-23,26-32,35,42-43,45-48,52-53H,12-16H2,1-6H3,(H,41,51)/t18-,20?,21?,22?,23?,26?,27?,28?,29?,30?,31?,32?,35?,38+,39?,40?/m0/s1. The highest BCUT2D eigenvalue weighted by Gasteiger charge is 2.74. The van der Waals surface area contributed by atoms with Gasteiger partial charge in [-0.15, -0.1) is 0 Å². The van der Waals surface area contributed by atoms with Crippen molar-refractivity contribution in [2.45, 2.75) is 126 Å². The largest absolute Gasteiger partial charge is 0.456 e. The molecule has 0 aromatic heterocycles. The van der Waals surface area contributed by atoms with E-state index in [1.165, 1.54) is 13.8 Å². The molecule has 6 rings (SSSR count). The van der Waals surface area contributed by atoms with Crippen LogP contribution in [0.2, 0.25) is 0 Å². The van der Waals surface area contributed by atoms with Crippen LogP contribution in [-0.4, -0.2) is 164 Å². The van der Waals surface area contributed by atoms with E-state index in [1.54, 1.807) is 51.1 Å². The summed E-state index contributed by atoms with van der Waals surface area (Å²) >= 11 is 0. The van der Waals surface area contributed by atoms with Crippen LogP contribution in [0.4, 0.5) is 4.79 Å². The van der Waals surface area contributed by atoms with E-state index < -0.39 is 138 Å². The number of Topliss-reactive ketones (excluding diaryl/α,β-unsaturated/α-hetero) is 1. The Morgan fingerprint density at radius 3 is 2.25 bits per heavy atom. The Balaban J connectivity index is 1.40. The summed E-state index contributed by atoms with van der Waals surface area (Å²) in [4.78, 5) is 55.2. The molecule has 19 heteroatoms. The predicted octanol–water partition coefficient (Wildman–Crippen LogP) is -1.70. The number of hydrogen-bond donors (Lipinski definition) is 9. The molecular formula is C40H55NO18. The fourth-order valence-electron chi connectivity index (χ4n) is 10.2. The zero-order valence-electron chi connectivity index (χ0n) is 33.6. The van der Waals surface area contributed by atoms with E-state index >= 15 is 4.79 Å². The molecule has 2 saturated heterocycles. The maximum absolute atomic E-state index is 15.2. The summed E-state index contributed by atoms with van der Waals surface area (Å²) in [6, 6.07) is 6.68. The number of aliphatic hydroxyl groups excluding tert-OH is 6. The number of alkyl carbamates (subject to hydrolysis) is 1. The molecule has 14 unspecified atom stereocenters. The van der Waals surface area contributed by atoms with Gasteiger partial charge in [0.1, 0.15) is 42.7 Å². The van der Waals surface area contributed by atoms with Crippen LogP contribution < -0.4 is 5.32 Å². The van der Waals surface area contributed by atoms with E-state index in [4.69, 9.17) is 28.4 Å². The molecule has 1 amide bonds. The number of rotatable bonds is 10. The first-order valence-electron chi connectivity index (χ1n) is 19.5. The van der Waals surface area contributed by atoms with Gasteiger partial charge in [-0.1, -0.05) is 51.1 Å². The van der Waals surface area contributed by atoms with E-state index in [-0.39, 0.29) is 30.6 Å². The summed E-state index contributed by atoms with van der Waals surface area (Å²) in [6.07, 6.45) is -17.7. The van der Waals surface area contributed by atoms with Crippen LogP contribution in [0.5, 0.6) is 0 Å². The molecule has 0 radical (unpaired) electrons. The third-order valence-electron chi connectivity index (χ3n) is 13.7. The van der Waals surface area contributed by atoms with Crippen molar-refractivity contribution in [1.29, 1.82) is 0 Å². The highest BCUT2D eigenvalue weighted by Crippen LogP contribution is 2.64. The van der Waals surface area contributed by atoms with E-state index in [2.05, 4.69) is 5.32 Å². The lowest BCUT2D eigenvalue weighted by atomic mass is 9.43. The van der Waals surface area contributed by atoms with Crippen LogP contribution in [0.1, 0.15) is 59.1 Å². The lowest BCUT2D eigenvalue weighted by molar-refractivity contribution is -0.336. The summed E-state index contributed by atoms with van der Waals surface area (Å²) in [6.45, 7) is 5.71. The predicted molar refractivity (Wildman–Crippen MR) is 197 cm³/mol. The molecule has 1 aromatic carbocycles. The monoisotopic (exact) mass is 837 g/mol. The number of esters is 2. The van der Waals surface area contributed by atoms with Crippen LogP contribution in [0.15, 0.2) is 41.5 Å². The maximum Gasteiger partial charge on any atom is 0.407 e. The second kappa shape index (κ2) is 16.4. The third kappa shape index (κ3) is 7.26. The molecule has 4 fully saturated rings. The van der Waals surface area contributed by atoms with Crippen molar-refractivity contribution in [2.75, 3.05) is 26.9 Å². The van der Waals surface area contributed by atoms with Crippen LogP contribution in [-0.2, 0) is 42.8 Å². The summed E-state index contributed by atoms with van der Waals surface area (Å²) in [5.41, 5.74) is -6.66. The highest BCUT2D eigenvalue weighted by molar-refractivity contribution is 5.95. The Bertz CT molecular complexity index is 1810. The Morgan fingerprint density at radius 2 is 1.66 bits per heavy atom. The molecule has 2 bridgehead atoms. The van der Waals surface area contributed by atoms with Crippen molar-refractivity contribution >= 4 is 23.8 Å². The van der Waals surface area contributed by atoms with Crippen LogP contribution in [0, 0.1) is 22.7 Å². The van der Waals surface area contributed by atoms with Gasteiger partial charge in [0.15, 0.2) is 24.3 Å². The first-order chi connectivity index (χ1) is 27.6. The third-order valence-corrected chi connectivity index (χ3v) is 13.7. The van der Waals surface area contributed by atoms with Crippen molar-refractivity contribution in [2.24, 2.45) is 22.7 Å². The summed E-state index contributed by atoms with van der Waals surface area (Å²) in [5, 5.41) is 91.3. The SMILES string of the molecule is COC(=O)NC(c1ccccc1)C(O)C(=O)OC1CC2(O)[C@@H](C)C3C4(O)COC4CC(O)[C@@]3(C)C(=O)C(OC(=O)COC3OC(CO)C(O)C(O)C3O)C(=C1C)C2(C)C. The summed E-state index contributed by atoms with van der Waals surface area (Å²) in [7, 11) is 1.10. The van der Waals surface area contributed by atoms with Gasteiger partial charge in [-0.2, -0.15) is 0 Å². The van der Waals surface area contributed by atoms with Crippen LogP contribution in [0.25, 0.3) is 0 Å². The van der Waals surface area contributed by atoms with E-state index in [0.29, 0.717) is 5.56 Å². The normalized spacial score (nSPS) is 41.1. The Hall–Kier alpha value is -3.60. The van der Waals surface area contributed by atoms with E-state index in [0.717, 1.165) is 7.11 Å². The number of amides is 1. The number of ether oxygens (including phenoxy) is 6. The van der Waals surface area contributed by atoms with Crippen molar-refractivity contribution in [3.05, 3.63) is 47.0 Å². The number of hydrogen-bond acceptors (Lipinski definition) is 18. The summed E-state index contributed by atoms with van der Waals surface area (Å²) in [5.74, 6) is -5.59. The molecule has 1 aromatic rings. The van der Waals surface area contributed by atoms with Crippen molar-refractivity contribution in [1.82, 2.24) is 5.32 Å². The van der Waals surface area contributed by atoms with Gasteiger partial charge in [0.2, 0.25) is 0 Å². The van der Waals surface area contributed by atoms with Gasteiger partial charge in [-0.05, 0) is 36.5 Å². The number of carbonyl (C=O) groups is 4. The lowest BCUT2D eigenvalue weighted by Gasteiger charge is -2.67. The van der Waals surface area contributed by atoms with E-state index in [9.17, 15) is 55.2 Å². The molecule has 2 heterocycles. The van der Waals surface area contributed by atoms with Gasteiger partial charge in [0, 0.05) is 24.2 Å². The number of ketones is 1. The van der Waals surface area contributed by atoms with Gasteiger partial charge < -0.3 is 74.6 Å². The van der Waals surface area contributed by atoms with Gasteiger partial charge in [0.05, 0.1) is 49.6 Å². The summed E-state index contributed by atoms with van der Waals surface area (Å²) < 4.78 is 32.9. The minimum Gasteiger partial charge on any atom is -0.456 e. The highest BCUT2D eigenvalue weighted by atomic mass is 16.7. The van der Waals surface area contributed by atoms with Gasteiger partial charge in [-0.3, -0.25) is 4.79 Å². The van der Waals surface area contributed by atoms with Crippen molar-refractivity contribution < 1.29 is 88.5 Å². The van der Waals surface area contributed by atoms with Crippen molar-refractivity contribution in [3.63, 3.8) is 0 Å². The molecule has 9 N–H and O–H groups in total. The van der Waals surface area contributed by atoms with Gasteiger partial charge >= 0.3 is 18.0 Å². The molecular weight excluding hydrogens is 782 g/mol. The number of aliphatic hydroxyl groups is 8.